The summed E-state index contributed by atoms with van der Waals surface area (Å²) < 4.78 is 38.5. The molecule has 1 aliphatic carbocycles. The van der Waals surface area contributed by atoms with Gasteiger partial charge < -0.3 is 14.4 Å². The minimum atomic E-state index is -0.614. The number of methoxy groups -OCH3 is 2. The lowest BCUT2D eigenvalue weighted by atomic mass is 9.89. The molecule has 1 amide bonds. The number of benzene rings is 2. The Balaban J connectivity index is 1.56. The van der Waals surface area contributed by atoms with Crippen LogP contribution in [0.1, 0.15) is 67.8 Å². The smallest absolute Gasteiger partial charge is 0.254 e. The van der Waals surface area contributed by atoms with Gasteiger partial charge in [-0.15, -0.1) is 0 Å². The SMILES string of the molecule is COc1ccc(C(=O)N(C/C(C)=C/c2ccc(F)cc2F)C[C@@H]2CCCN2CC2CCCCC2)cc1OC. The van der Waals surface area contributed by atoms with Crippen molar-refractivity contribution in [3.8, 4) is 11.5 Å². The Kier molecular flexibility index (Phi) is 9.78. The van der Waals surface area contributed by atoms with E-state index in [0.717, 1.165) is 43.5 Å². The van der Waals surface area contributed by atoms with Crippen molar-refractivity contribution in [3.63, 3.8) is 0 Å². The first-order chi connectivity index (χ1) is 18.4. The fraction of sp³-hybridized carbons (Fsp3) is 0.516. The lowest BCUT2D eigenvalue weighted by molar-refractivity contribution is 0.0709. The lowest BCUT2D eigenvalue weighted by Crippen LogP contribution is -2.45. The van der Waals surface area contributed by atoms with E-state index in [0.29, 0.717) is 35.7 Å². The standard InChI is InChI=1S/C31H40F2N2O3/c1-22(16-24-11-13-26(32)18-28(24)33)19-35(31(36)25-12-14-29(37-2)30(17-25)38-3)21-27-10-7-15-34(27)20-23-8-5-4-6-9-23/h11-14,16-18,23,27H,4-10,15,19-21H2,1-3H3/b22-16+/t27-/m0/s1. The highest BCUT2D eigenvalue weighted by atomic mass is 19.1. The number of carbonyl (C=O) groups is 1. The molecule has 1 heterocycles. The number of halogens is 2. The van der Waals surface area contributed by atoms with E-state index in [1.54, 1.807) is 38.5 Å². The third-order valence-corrected chi connectivity index (χ3v) is 7.87. The monoisotopic (exact) mass is 526 g/mol. The molecule has 1 saturated heterocycles. The molecule has 2 aliphatic rings. The van der Waals surface area contributed by atoms with Crippen molar-refractivity contribution in [2.24, 2.45) is 5.92 Å². The van der Waals surface area contributed by atoms with Crippen LogP contribution in [-0.2, 0) is 0 Å². The number of amides is 1. The van der Waals surface area contributed by atoms with Crippen LogP contribution in [0.4, 0.5) is 8.78 Å². The van der Waals surface area contributed by atoms with Gasteiger partial charge in [-0.1, -0.05) is 30.9 Å². The van der Waals surface area contributed by atoms with Gasteiger partial charge >= 0.3 is 0 Å². The number of hydrogen-bond acceptors (Lipinski definition) is 4. The van der Waals surface area contributed by atoms with Crippen LogP contribution in [-0.4, -0.2) is 62.1 Å². The molecule has 0 spiro atoms. The van der Waals surface area contributed by atoms with Crippen molar-refractivity contribution in [1.29, 1.82) is 0 Å². The maximum absolute atomic E-state index is 14.3. The van der Waals surface area contributed by atoms with Gasteiger partial charge in [0, 0.05) is 42.9 Å². The second-order valence-electron chi connectivity index (χ2n) is 10.7. The highest BCUT2D eigenvalue weighted by Gasteiger charge is 2.31. The lowest BCUT2D eigenvalue weighted by Gasteiger charge is -2.34. The highest BCUT2D eigenvalue weighted by Crippen LogP contribution is 2.30. The quantitative estimate of drug-likeness (QED) is 0.351. The number of ether oxygens (including phenoxy) is 2. The van der Waals surface area contributed by atoms with Crippen LogP contribution in [0.15, 0.2) is 42.0 Å². The summed E-state index contributed by atoms with van der Waals surface area (Å²) in [5, 5.41) is 0. The summed E-state index contributed by atoms with van der Waals surface area (Å²) >= 11 is 0. The average molecular weight is 527 g/mol. The van der Waals surface area contributed by atoms with E-state index in [2.05, 4.69) is 4.90 Å². The Hall–Kier alpha value is -2.93. The van der Waals surface area contributed by atoms with E-state index >= 15 is 0 Å². The zero-order valence-corrected chi connectivity index (χ0v) is 22.8. The van der Waals surface area contributed by atoms with E-state index in [1.807, 2.05) is 11.8 Å². The van der Waals surface area contributed by atoms with Gasteiger partial charge in [-0.25, -0.2) is 8.78 Å². The molecule has 1 aliphatic heterocycles. The molecule has 4 rings (SSSR count). The van der Waals surface area contributed by atoms with Gasteiger partial charge in [0.25, 0.3) is 5.91 Å². The van der Waals surface area contributed by atoms with E-state index in [-0.39, 0.29) is 11.9 Å². The van der Waals surface area contributed by atoms with Crippen LogP contribution in [0.25, 0.3) is 6.08 Å². The van der Waals surface area contributed by atoms with Crippen LogP contribution in [0, 0.1) is 17.6 Å². The largest absolute Gasteiger partial charge is 0.493 e. The van der Waals surface area contributed by atoms with Crippen LogP contribution < -0.4 is 9.47 Å². The maximum Gasteiger partial charge on any atom is 0.254 e. The Morgan fingerprint density at radius 3 is 2.47 bits per heavy atom. The van der Waals surface area contributed by atoms with Gasteiger partial charge in [-0.2, -0.15) is 0 Å². The molecule has 7 heteroatoms. The molecule has 0 N–H and O–H groups in total. The van der Waals surface area contributed by atoms with Crippen molar-refractivity contribution in [3.05, 3.63) is 64.7 Å². The van der Waals surface area contributed by atoms with Gasteiger partial charge in [0.1, 0.15) is 11.6 Å². The Bertz CT molecular complexity index is 1130. The van der Waals surface area contributed by atoms with Gasteiger partial charge in [0.2, 0.25) is 0 Å². The average Bonchev–Trinajstić information content (AvgIpc) is 3.35. The molecular weight excluding hydrogens is 486 g/mol. The van der Waals surface area contributed by atoms with E-state index in [1.165, 1.54) is 44.2 Å². The molecule has 1 saturated carbocycles. The summed E-state index contributed by atoms with van der Waals surface area (Å²) in [7, 11) is 3.12. The summed E-state index contributed by atoms with van der Waals surface area (Å²) in [5.74, 6) is 0.468. The maximum atomic E-state index is 14.3. The third-order valence-electron chi connectivity index (χ3n) is 7.87. The fourth-order valence-electron chi connectivity index (χ4n) is 5.90. The van der Waals surface area contributed by atoms with Crippen molar-refractivity contribution < 1.29 is 23.0 Å². The summed E-state index contributed by atoms with van der Waals surface area (Å²) in [6, 6.07) is 9.05. The second kappa shape index (κ2) is 13.2. The zero-order chi connectivity index (χ0) is 27.1. The summed E-state index contributed by atoms with van der Waals surface area (Å²) in [5.41, 5.74) is 1.64. The molecule has 0 bridgehead atoms. The molecule has 2 aromatic rings. The first-order valence-corrected chi connectivity index (χ1v) is 13.8. The molecule has 0 radical (unpaired) electrons. The van der Waals surface area contributed by atoms with Crippen LogP contribution >= 0.6 is 0 Å². The minimum absolute atomic E-state index is 0.109. The topological polar surface area (TPSA) is 42.0 Å². The molecule has 1 atom stereocenters. The Labute approximate surface area is 225 Å². The van der Waals surface area contributed by atoms with Crippen LogP contribution in [0.3, 0.4) is 0 Å². The number of nitrogens with zero attached hydrogens (tertiary/aromatic N) is 2. The van der Waals surface area contributed by atoms with Crippen molar-refractivity contribution in [2.75, 3.05) is 40.4 Å². The van der Waals surface area contributed by atoms with E-state index < -0.39 is 11.6 Å². The molecule has 2 fully saturated rings. The zero-order valence-electron chi connectivity index (χ0n) is 22.8. The first kappa shape index (κ1) is 28.1. The highest BCUT2D eigenvalue weighted by molar-refractivity contribution is 5.95. The van der Waals surface area contributed by atoms with Gasteiger partial charge in [0.05, 0.1) is 14.2 Å². The normalized spacial score (nSPS) is 19.0. The van der Waals surface area contributed by atoms with Crippen molar-refractivity contribution in [2.45, 2.75) is 57.9 Å². The number of likely N-dealkylation sites (tertiary alicyclic amines) is 1. The molecule has 0 unspecified atom stereocenters. The first-order valence-electron chi connectivity index (χ1n) is 13.8. The summed E-state index contributed by atoms with van der Waals surface area (Å²) in [6.45, 7) is 4.98. The molecular formula is C31H40F2N2O3. The number of rotatable bonds is 10. The third kappa shape index (κ3) is 7.13. The predicted octanol–water partition coefficient (Wildman–Crippen LogP) is 6.57. The van der Waals surface area contributed by atoms with Crippen molar-refractivity contribution in [1.82, 2.24) is 9.80 Å². The summed E-state index contributed by atoms with van der Waals surface area (Å²) in [6.07, 6.45) is 10.4. The van der Waals surface area contributed by atoms with E-state index in [4.69, 9.17) is 9.47 Å². The predicted molar refractivity (Wildman–Crippen MR) is 147 cm³/mol. The van der Waals surface area contributed by atoms with Gasteiger partial charge in [0.15, 0.2) is 11.5 Å². The minimum Gasteiger partial charge on any atom is -0.493 e. The fourth-order valence-corrected chi connectivity index (χ4v) is 5.90. The van der Waals surface area contributed by atoms with Crippen LogP contribution in [0.5, 0.6) is 11.5 Å². The molecule has 5 nitrogen and oxygen atoms in total. The van der Waals surface area contributed by atoms with Crippen molar-refractivity contribution >= 4 is 12.0 Å². The Morgan fingerprint density at radius 1 is 1.00 bits per heavy atom. The molecule has 206 valence electrons. The number of carbonyl (C=O) groups excluding carboxylic acids is 1. The van der Waals surface area contributed by atoms with Gasteiger partial charge in [-0.05, 0) is 75.4 Å². The number of hydrogen-bond donors (Lipinski definition) is 0. The molecule has 0 aromatic heterocycles. The van der Waals surface area contributed by atoms with Crippen LogP contribution in [0.2, 0.25) is 0 Å². The Morgan fingerprint density at radius 2 is 1.76 bits per heavy atom. The van der Waals surface area contributed by atoms with Gasteiger partial charge in [-0.3, -0.25) is 9.69 Å². The molecule has 2 aromatic carbocycles. The van der Waals surface area contributed by atoms with E-state index in [9.17, 15) is 13.6 Å². The summed E-state index contributed by atoms with van der Waals surface area (Å²) in [4.78, 5) is 18.3. The second-order valence-corrected chi connectivity index (χ2v) is 10.7. The molecule has 38 heavy (non-hydrogen) atoms.